The van der Waals surface area contributed by atoms with Gasteiger partial charge in [-0.05, 0) is 29.3 Å². The number of halogens is 1. The lowest BCUT2D eigenvalue weighted by Crippen LogP contribution is -2.09. The summed E-state index contributed by atoms with van der Waals surface area (Å²) in [6, 6.07) is 25.3. The highest BCUT2D eigenvalue weighted by Gasteiger charge is 2.27. The molecule has 0 amide bonds. The Balaban J connectivity index is 2.07. The molecule has 0 spiro atoms. The van der Waals surface area contributed by atoms with Gasteiger partial charge in [0.15, 0.2) is 0 Å². The van der Waals surface area contributed by atoms with E-state index in [-0.39, 0.29) is 11.6 Å². The molecule has 0 unspecified atom stereocenters. The van der Waals surface area contributed by atoms with Crippen molar-refractivity contribution in [2.45, 2.75) is 5.92 Å². The van der Waals surface area contributed by atoms with Gasteiger partial charge < -0.3 is 10.1 Å². The first-order valence-corrected chi connectivity index (χ1v) is 8.67. The van der Waals surface area contributed by atoms with E-state index in [2.05, 4.69) is 4.98 Å². The standard InChI is InChI=1S/C22H16ClNO2/c23-16-11-12-18-17(13-16)20(21(24-18)22(25)26)19(14-7-3-1-4-8-14)15-9-5-2-6-10-15/h1-13,19,24H,(H,25,26). The van der Waals surface area contributed by atoms with E-state index in [9.17, 15) is 9.90 Å². The van der Waals surface area contributed by atoms with E-state index in [4.69, 9.17) is 11.6 Å². The highest BCUT2D eigenvalue weighted by atomic mass is 35.5. The van der Waals surface area contributed by atoms with Crippen LogP contribution in [0.15, 0.2) is 78.9 Å². The van der Waals surface area contributed by atoms with Gasteiger partial charge in [0, 0.05) is 27.4 Å². The molecule has 0 aliphatic carbocycles. The summed E-state index contributed by atoms with van der Waals surface area (Å²) in [5, 5.41) is 11.2. The van der Waals surface area contributed by atoms with Gasteiger partial charge in [0.05, 0.1) is 0 Å². The van der Waals surface area contributed by atoms with Crippen molar-refractivity contribution in [2.75, 3.05) is 0 Å². The molecule has 0 saturated heterocycles. The lowest BCUT2D eigenvalue weighted by atomic mass is 9.83. The van der Waals surface area contributed by atoms with E-state index < -0.39 is 5.97 Å². The van der Waals surface area contributed by atoms with E-state index in [1.165, 1.54) is 0 Å². The molecule has 0 bridgehead atoms. The third-order valence-corrected chi connectivity index (χ3v) is 4.80. The molecule has 3 aromatic carbocycles. The van der Waals surface area contributed by atoms with Crippen LogP contribution in [0.1, 0.15) is 33.1 Å². The Bertz CT molecular complexity index is 1030. The second-order valence-electron chi connectivity index (χ2n) is 6.16. The summed E-state index contributed by atoms with van der Waals surface area (Å²) in [5.74, 6) is -1.19. The zero-order chi connectivity index (χ0) is 18.1. The number of carboxylic acid groups (broad SMARTS) is 1. The Kier molecular flexibility index (Phi) is 4.23. The predicted molar refractivity (Wildman–Crippen MR) is 104 cm³/mol. The average molecular weight is 362 g/mol. The fourth-order valence-corrected chi connectivity index (χ4v) is 3.64. The number of rotatable bonds is 4. The third kappa shape index (κ3) is 2.87. The number of hydrogen-bond donors (Lipinski definition) is 2. The molecule has 0 aliphatic heterocycles. The maximum atomic E-state index is 12.0. The monoisotopic (exact) mass is 361 g/mol. The number of carboxylic acids is 1. The van der Waals surface area contributed by atoms with Crippen LogP contribution in [-0.2, 0) is 0 Å². The first-order valence-electron chi connectivity index (χ1n) is 8.29. The normalized spacial score (nSPS) is 11.2. The zero-order valence-corrected chi connectivity index (χ0v) is 14.6. The van der Waals surface area contributed by atoms with Gasteiger partial charge in [-0.2, -0.15) is 0 Å². The van der Waals surface area contributed by atoms with Gasteiger partial charge in [-0.15, -0.1) is 0 Å². The smallest absolute Gasteiger partial charge is 0.352 e. The van der Waals surface area contributed by atoms with Crippen LogP contribution in [0, 0.1) is 0 Å². The number of aromatic carboxylic acids is 1. The second-order valence-corrected chi connectivity index (χ2v) is 6.60. The molecular weight excluding hydrogens is 346 g/mol. The van der Waals surface area contributed by atoms with Crippen LogP contribution < -0.4 is 0 Å². The van der Waals surface area contributed by atoms with Crippen LogP contribution in [0.3, 0.4) is 0 Å². The van der Waals surface area contributed by atoms with Crippen molar-refractivity contribution in [1.29, 1.82) is 0 Å². The van der Waals surface area contributed by atoms with E-state index in [1.807, 2.05) is 72.8 Å². The van der Waals surface area contributed by atoms with E-state index >= 15 is 0 Å². The van der Waals surface area contributed by atoms with Crippen LogP contribution in [0.2, 0.25) is 5.02 Å². The van der Waals surface area contributed by atoms with Gasteiger partial charge in [-0.1, -0.05) is 72.3 Å². The number of benzene rings is 3. The van der Waals surface area contributed by atoms with Gasteiger partial charge in [-0.3, -0.25) is 0 Å². The molecule has 1 aromatic heterocycles. The quantitative estimate of drug-likeness (QED) is 0.490. The van der Waals surface area contributed by atoms with Gasteiger partial charge in [0.1, 0.15) is 5.69 Å². The summed E-state index contributed by atoms with van der Waals surface area (Å²) in [4.78, 5) is 15.0. The molecule has 4 heteroatoms. The summed E-state index contributed by atoms with van der Waals surface area (Å²) in [7, 11) is 0. The Morgan fingerprint density at radius 3 is 2.00 bits per heavy atom. The first kappa shape index (κ1) is 16.4. The molecule has 128 valence electrons. The lowest BCUT2D eigenvalue weighted by molar-refractivity contribution is 0.0690. The molecule has 0 atom stereocenters. The summed E-state index contributed by atoms with van der Waals surface area (Å²) in [6.07, 6.45) is 0. The Hall–Kier alpha value is -3.04. The molecule has 26 heavy (non-hydrogen) atoms. The summed E-state index contributed by atoms with van der Waals surface area (Å²) >= 11 is 6.21. The number of hydrogen-bond acceptors (Lipinski definition) is 1. The largest absolute Gasteiger partial charge is 0.477 e. The minimum atomic E-state index is -0.982. The van der Waals surface area contributed by atoms with E-state index in [0.29, 0.717) is 5.02 Å². The number of aromatic nitrogens is 1. The SMILES string of the molecule is O=C(O)c1[nH]c2ccc(Cl)cc2c1C(c1ccccc1)c1ccccc1. The third-order valence-electron chi connectivity index (χ3n) is 4.57. The van der Waals surface area contributed by atoms with Crippen LogP contribution in [0.5, 0.6) is 0 Å². The van der Waals surface area contributed by atoms with Gasteiger partial charge >= 0.3 is 5.97 Å². The average Bonchev–Trinajstić information content (AvgIpc) is 3.03. The molecule has 4 aromatic rings. The maximum absolute atomic E-state index is 12.0. The van der Waals surface area contributed by atoms with Crippen LogP contribution >= 0.6 is 11.6 Å². The van der Waals surface area contributed by atoms with Crippen molar-refractivity contribution < 1.29 is 9.90 Å². The number of nitrogens with one attached hydrogen (secondary N) is 1. The number of aromatic amines is 1. The minimum absolute atomic E-state index is 0.194. The predicted octanol–water partition coefficient (Wildman–Crippen LogP) is 5.70. The van der Waals surface area contributed by atoms with Gasteiger partial charge in [0.2, 0.25) is 0 Å². The van der Waals surface area contributed by atoms with Gasteiger partial charge in [-0.25, -0.2) is 4.79 Å². The second kappa shape index (κ2) is 6.70. The molecule has 3 nitrogen and oxygen atoms in total. The van der Waals surface area contributed by atoms with Crippen LogP contribution in [0.4, 0.5) is 0 Å². The summed E-state index contributed by atoms with van der Waals surface area (Å²) in [6.45, 7) is 0. The first-order chi connectivity index (χ1) is 12.6. The molecular formula is C22H16ClNO2. The topological polar surface area (TPSA) is 53.1 Å². The van der Waals surface area contributed by atoms with Crippen molar-refractivity contribution in [3.8, 4) is 0 Å². The van der Waals surface area contributed by atoms with Crippen molar-refractivity contribution in [3.63, 3.8) is 0 Å². The van der Waals surface area contributed by atoms with Crippen molar-refractivity contribution in [3.05, 3.63) is 106 Å². The fraction of sp³-hybridized carbons (Fsp3) is 0.0455. The van der Waals surface area contributed by atoms with Crippen LogP contribution in [0.25, 0.3) is 10.9 Å². The molecule has 2 N–H and O–H groups in total. The zero-order valence-electron chi connectivity index (χ0n) is 13.8. The van der Waals surface area contributed by atoms with Crippen molar-refractivity contribution in [1.82, 2.24) is 4.98 Å². The van der Waals surface area contributed by atoms with E-state index in [1.54, 1.807) is 6.07 Å². The number of fused-ring (bicyclic) bond motifs is 1. The van der Waals surface area contributed by atoms with Crippen molar-refractivity contribution >= 4 is 28.5 Å². The highest BCUT2D eigenvalue weighted by molar-refractivity contribution is 6.31. The molecule has 0 radical (unpaired) electrons. The number of carbonyl (C=O) groups is 1. The lowest BCUT2D eigenvalue weighted by Gasteiger charge is -2.19. The molecule has 4 rings (SSSR count). The molecule has 0 saturated carbocycles. The Morgan fingerprint density at radius 2 is 1.46 bits per heavy atom. The molecule has 1 heterocycles. The highest BCUT2D eigenvalue weighted by Crippen LogP contribution is 2.39. The van der Waals surface area contributed by atoms with E-state index in [0.717, 1.165) is 27.6 Å². The fourth-order valence-electron chi connectivity index (χ4n) is 3.47. The Morgan fingerprint density at radius 1 is 0.885 bits per heavy atom. The minimum Gasteiger partial charge on any atom is -0.477 e. The summed E-state index contributed by atoms with van der Waals surface area (Å²) < 4.78 is 0. The number of H-pyrrole nitrogens is 1. The summed E-state index contributed by atoms with van der Waals surface area (Å²) in [5.41, 5.74) is 3.75. The molecule has 0 aliphatic rings. The van der Waals surface area contributed by atoms with Crippen molar-refractivity contribution in [2.24, 2.45) is 0 Å². The van der Waals surface area contributed by atoms with Crippen LogP contribution in [-0.4, -0.2) is 16.1 Å². The van der Waals surface area contributed by atoms with Gasteiger partial charge in [0.25, 0.3) is 0 Å². The Labute approximate surface area is 155 Å². The maximum Gasteiger partial charge on any atom is 0.352 e. The molecule has 0 fully saturated rings.